The molecule has 0 saturated heterocycles. The highest BCUT2D eigenvalue weighted by molar-refractivity contribution is 5.55. The number of nitrogens with zero attached hydrogens (tertiary/aromatic N) is 5. The minimum atomic E-state index is 0.610. The van der Waals surface area contributed by atoms with Gasteiger partial charge in [0.15, 0.2) is 0 Å². The quantitative estimate of drug-likeness (QED) is 0.781. The molecule has 0 atom stereocenters. The van der Waals surface area contributed by atoms with Gasteiger partial charge in [-0.05, 0) is 29.0 Å². The highest BCUT2D eigenvalue weighted by atomic mass is 15.5. The zero-order valence-corrected chi connectivity index (χ0v) is 11.1. The van der Waals surface area contributed by atoms with Crippen LogP contribution in [0, 0.1) is 0 Å². The first-order valence-corrected chi connectivity index (χ1v) is 6.27. The predicted molar refractivity (Wildman–Crippen MR) is 76.0 cm³/mol. The molecule has 0 aliphatic heterocycles. The largest absolute Gasteiger partial charge is 0.370 e. The van der Waals surface area contributed by atoms with Crippen LogP contribution in [0.5, 0.6) is 0 Å². The third-order valence-electron chi connectivity index (χ3n) is 3.05. The molecular formula is C14H14N6. The van der Waals surface area contributed by atoms with Crippen molar-refractivity contribution >= 4 is 5.69 Å². The number of tetrazole rings is 1. The van der Waals surface area contributed by atoms with E-state index in [9.17, 15) is 0 Å². The highest BCUT2D eigenvalue weighted by Crippen LogP contribution is 2.18. The summed E-state index contributed by atoms with van der Waals surface area (Å²) in [5.74, 6) is 0.610. The summed E-state index contributed by atoms with van der Waals surface area (Å²) in [7, 11) is 2.05. The van der Waals surface area contributed by atoms with Crippen LogP contribution in [0.2, 0.25) is 0 Å². The SMILES string of the molecule is CN(Cc1cccc(-c2nn[nH]n2)c1)c1ccncc1. The second-order valence-corrected chi connectivity index (χ2v) is 4.50. The zero-order chi connectivity index (χ0) is 13.8. The lowest BCUT2D eigenvalue weighted by molar-refractivity contribution is 0.881. The maximum atomic E-state index is 4.03. The van der Waals surface area contributed by atoms with Crippen molar-refractivity contribution in [2.24, 2.45) is 0 Å². The maximum Gasteiger partial charge on any atom is 0.204 e. The molecule has 0 unspecified atom stereocenters. The number of benzene rings is 1. The summed E-state index contributed by atoms with van der Waals surface area (Å²) in [5.41, 5.74) is 3.27. The Hall–Kier alpha value is -2.76. The van der Waals surface area contributed by atoms with Crippen LogP contribution in [0.15, 0.2) is 48.8 Å². The van der Waals surface area contributed by atoms with Gasteiger partial charge in [0.1, 0.15) is 0 Å². The lowest BCUT2D eigenvalue weighted by Gasteiger charge is -2.19. The van der Waals surface area contributed by atoms with E-state index in [4.69, 9.17) is 0 Å². The standard InChI is InChI=1S/C14H14N6/c1-20(13-5-7-15-8-6-13)10-11-3-2-4-12(9-11)14-16-18-19-17-14/h2-9H,10H2,1H3,(H,16,17,18,19). The number of rotatable bonds is 4. The normalized spacial score (nSPS) is 10.4. The number of hydrogen-bond acceptors (Lipinski definition) is 5. The van der Waals surface area contributed by atoms with Crippen molar-refractivity contribution in [3.8, 4) is 11.4 Å². The fraction of sp³-hybridized carbons (Fsp3) is 0.143. The first kappa shape index (κ1) is 12.3. The third kappa shape index (κ3) is 2.64. The van der Waals surface area contributed by atoms with E-state index in [0.717, 1.165) is 17.8 Å². The van der Waals surface area contributed by atoms with E-state index in [1.54, 1.807) is 12.4 Å². The Morgan fingerprint density at radius 1 is 1.15 bits per heavy atom. The number of anilines is 1. The molecule has 0 fully saturated rings. The molecule has 2 heterocycles. The number of aromatic amines is 1. The van der Waals surface area contributed by atoms with Gasteiger partial charge in [0, 0.05) is 37.2 Å². The molecule has 0 saturated carbocycles. The molecule has 100 valence electrons. The Bertz CT molecular complexity index is 665. The van der Waals surface area contributed by atoms with Crippen LogP contribution in [-0.2, 0) is 6.54 Å². The Labute approximate surface area is 116 Å². The summed E-state index contributed by atoms with van der Waals surface area (Å²) in [6.45, 7) is 0.801. The van der Waals surface area contributed by atoms with E-state index in [-0.39, 0.29) is 0 Å². The number of H-pyrrole nitrogens is 1. The first-order valence-electron chi connectivity index (χ1n) is 6.27. The van der Waals surface area contributed by atoms with Gasteiger partial charge in [0.05, 0.1) is 0 Å². The van der Waals surface area contributed by atoms with E-state index in [1.165, 1.54) is 5.56 Å². The number of pyridine rings is 1. The van der Waals surface area contributed by atoms with Gasteiger partial charge in [-0.15, -0.1) is 10.2 Å². The van der Waals surface area contributed by atoms with Gasteiger partial charge in [-0.2, -0.15) is 5.21 Å². The van der Waals surface area contributed by atoms with Crippen molar-refractivity contribution in [3.63, 3.8) is 0 Å². The smallest absolute Gasteiger partial charge is 0.204 e. The molecule has 3 rings (SSSR count). The van der Waals surface area contributed by atoms with Crippen LogP contribution >= 0.6 is 0 Å². The molecule has 0 aliphatic rings. The molecule has 1 N–H and O–H groups in total. The van der Waals surface area contributed by atoms with Crippen LogP contribution in [-0.4, -0.2) is 32.7 Å². The average Bonchev–Trinajstić information content (AvgIpc) is 3.03. The van der Waals surface area contributed by atoms with E-state index in [0.29, 0.717) is 5.82 Å². The van der Waals surface area contributed by atoms with Gasteiger partial charge in [-0.3, -0.25) is 4.98 Å². The summed E-state index contributed by atoms with van der Waals surface area (Å²) in [6.07, 6.45) is 3.59. The number of aromatic nitrogens is 5. The molecule has 6 heteroatoms. The second kappa shape index (κ2) is 5.48. The second-order valence-electron chi connectivity index (χ2n) is 4.50. The molecule has 2 aromatic heterocycles. The molecule has 20 heavy (non-hydrogen) atoms. The Morgan fingerprint density at radius 2 is 2.00 bits per heavy atom. The van der Waals surface area contributed by atoms with Gasteiger partial charge in [-0.1, -0.05) is 18.2 Å². The van der Waals surface area contributed by atoms with Gasteiger partial charge < -0.3 is 4.90 Å². The lowest BCUT2D eigenvalue weighted by atomic mass is 10.1. The summed E-state index contributed by atoms with van der Waals surface area (Å²) in [5, 5.41) is 14.0. The van der Waals surface area contributed by atoms with Crippen molar-refractivity contribution in [1.29, 1.82) is 0 Å². The lowest BCUT2D eigenvalue weighted by Crippen LogP contribution is -2.16. The van der Waals surface area contributed by atoms with Crippen molar-refractivity contribution in [2.75, 3.05) is 11.9 Å². The topological polar surface area (TPSA) is 70.6 Å². The fourth-order valence-electron chi connectivity index (χ4n) is 2.06. The minimum absolute atomic E-state index is 0.610. The van der Waals surface area contributed by atoms with Gasteiger partial charge in [0.25, 0.3) is 0 Å². The van der Waals surface area contributed by atoms with E-state index in [2.05, 4.69) is 49.7 Å². The maximum absolute atomic E-state index is 4.03. The zero-order valence-electron chi connectivity index (χ0n) is 11.1. The molecule has 3 aromatic rings. The van der Waals surface area contributed by atoms with E-state index in [1.807, 2.05) is 24.3 Å². The van der Waals surface area contributed by atoms with E-state index >= 15 is 0 Å². The van der Waals surface area contributed by atoms with Crippen molar-refractivity contribution in [2.45, 2.75) is 6.54 Å². The number of nitrogens with one attached hydrogen (secondary N) is 1. The number of hydrogen-bond donors (Lipinski definition) is 1. The fourth-order valence-corrected chi connectivity index (χ4v) is 2.06. The van der Waals surface area contributed by atoms with Crippen molar-refractivity contribution in [3.05, 3.63) is 54.4 Å². The predicted octanol–water partition coefficient (Wildman–Crippen LogP) is 1.90. The van der Waals surface area contributed by atoms with Crippen molar-refractivity contribution < 1.29 is 0 Å². The first-order chi connectivity index (χ1) is 9.83. The van der Waals surface area contributed by atoms with Crippen LogP contribution in [0.1, 0.15) is 5.56 Å². The molecule has 1 aromatic carbocycles. The van der Waals surface area contributed by atoms with Crippen molar-refractivity contribution in [1.82, 2.24) is 25.6 Å². The molecular weight excluding hydrogens is 252 g/mol. The summed E-state index contributed by atoms with van der Waals surface area (Å²) in [6, 6.07) is 12.1. The molecule has 0 aliphatic carbocycles. The molecule has 0 bridgehead atoms. The van der Waals surface area contributed by atoms with Crippen LogP contribution in [0.25, 0.3) is 11.4 Å². The van der Waals surface area contributed by atoms with Gasteiger partial charge in [-0.25, -0.2) is 0 Å². The van der Waals surface area contributed by atoms with E-state index < -0.39 is 0 Å². The van der Waals surface area contributed by atoms with Crippen LogP contribution in [0.3, 0.4) is 0 Å². The molecule has 6 nitrogen and oxygen atoms in total. The third-order valence-corrected chi connectivity index (χ3v) is 3.05. The van der Waals surface area contributed by atoms with Gasteiger partial charge >= 0.3 is 0 Å². The summed E-state index contributed by atoms with van der Waals surface area (Å²) < 4.78 is 0. The Morgan fingerprint density at radius 3 is 2.75 bits per heavy atom. The Kier molecular flexibility index (Phi) is 3.36. The molecule has 0 radical (unpaired) electrons. The average molecular weight is 266 g/mol. The minimum Gasteiger partial charge on any atom is -0.370 e. The highest BCUT2D eigenvalue weighted by Gasteiger charge is 2.06. The Balaban J connectivity index is 1.80. The van der Waals surface area contributed by atoms with Gasteiger partial charge in [0.2, 0.25) is 5.82 Å². The van der Waals surface area contributed by atoms with Crippen LogP contribution in [0.4, 0.5) is 5.69 Å². The summed E-state index contributed by atoms with van der Waals surface area (Å²) >= 11 is 0. The summed E-state index contributed by atoms with van der Waals surface area (Å²) in [4.78, 5) is 6.19. The van der Waals surface area contributed by atoms with Crippen LogP contribution < -0.4 is 4.90 Å². The monoisotopic (exact) mass is 266 g/mol. The molecule has 0 amide bonds. The molecule has 0 spiro atoms.